The molecule has 0 aliphatic heterocycles. The van der Waals surface area contributed by atoms with E-state index in [-0.39, 0.29) is 35.2 Å². The zero-order valence-corrected chi connectivity index (χ0v) is 20.5. The number of carboxylic acids is 1. The van der Waals surface area contributed by atoms with E-state index in [2.05, 4.69) is 15.3 Å². The van der Waals surface area contributed by atoms with E-state index in [1.54, 1.807) is 20.8 Å². The van der Waals surface area contributed by atoms with Gasteiger partial charge in [-0.3, -0.25) is 4.79 Å². The lowest BCUT2D eigenvalue weighted by molar-refractivity contribution is -0.137. The van der Waals surface area contributed by atoms with Gasteiger partial charge >= 0.3 is 12.1 Å². The van der Waals surface area contributed by atoms with Crippen molar-refractivity contribution < 1.29 is 33.0 Å². The van der Waals surface area contributed by atoms with Gasteiger partial charge in [-0.1, -0.05) is 11.6 Å². The Morgan fingerprint density at radius 3 is 2.42 bits per heavy atom. The average Bonchev–Trinajstić information content (AvgIpc) is 2.76. The van der Waals surface area contributed by atoms with Crippen LogP contribution in [0.5, 0.6) is 11.6 Å². The molecular weight excluding hydrogens is 496 g/mol. The first-order valence-electron chi connectivity index (χ1n) is 10.9. The molecule has 36 heavy (non-hydrogen) atoms. The van der Waals surface area contributed by atoms with Crippen LogP contribution in [-0.4, -0.2) is 38.8 Å². The molecule has 0 aliphatic rings. The molecular formula is C25H24ClF2N3O5. The maximum Gasteiger partial charge on any atom is 0.407 e. The molecule has 1 unspecified atom stereocenters. The summed E-state index contributed by atoms with van der Waals surface area (Å²) in [6, 6.07) is 8.92. The summed E-state index contributed by atoms with van der Waals surface area (Å²) in [7, 11) is 0. The molecule has 8 nitrogen and oxygen atoms in total. The smallest absolute Gasteiger partial charge is 0.407 e. The van der Waals surface area contributed by atoms with Crippen LogP contribution >= 0.6 is 11.6 Å². The van der Waals surface area contributed by atoms with Crippen molar-refractivity contribution in [2.24, 2.45) is 0 Å². The van der Waals surface area contributed by atoms with E-state index >= 15 is 0 Å². The molecule has 0 saturated carbocycles. The Labute approximate surface area is 211 Å². The van der Waals surface area contributed by atoms with Crippen molar-refractivity contribution in [1.29, 1.82) is 0 Å². The summed E-state index contributed by atoms with van der Waals surface area (Å²) >= 11 is 5.69. The lowest BCUT2D eigenvalue weighted by Crippen LogP contribution is -2.41. The topological polar surface area (TPSA) is 111 Å². The number of aliphatic carboxylic acids is 1. The molecule has 2 heterocycles. The fourth-order valence-corrected chi connectivity index (χ4v) is 3.32. The van der Waals surface area contributed by atoms with Crippen molar-refractivity contribution in [3.63, 3.8) is 0 Å². The summed E-state index contributed by atoms with van der Waals surface area (Å²) < 4.78 is 39.1. The largest absolute Gasteiger partial charge is 0.481 e. The van der Waals surface area contributed by atoms with Crippen molar-refractivity contribution in [1.82, 2.24) is 15.3 Å². The predicted molar refractivity (Wildman–Crippen MR) is 128 cm³/mol. The summed E-state index contributed by atoms with van der Waals surface area (Å²) in [6.07, 6.45) is 0.128. The third-order valence-corrected chi connectivity index (χ3v) is 4.82. The van der Waals surface area contributed by atoms with Gasteiger partial charge in [-0.25, -0.2) is 23.5 Å². The molecule has 3 rings (SSSR count). The van der Waals surface area contributed by atoms with E-state index in [0.717, 1.165) is 6.07 Å². The minimum Gasteiger partial charge on any atom is -0.481 e. The Bertz CT molecular complexity index is 1250. The minimum absolute atomic E-state index is 0.0150. The first-order valence-corrected chi connectivity index (χ1v) is 11.2. The van der Waals surface area contributed by atoms with E-state index in [1.807, 2.05) is 0 Å². The Hall–Kier alpha value is -3.79. The number of hydrogen-bond donors (Lipinski definition) is 2. The van der Waals surface area contributed by atoms with E-state index in [4.69, 9.17) is 21.1 Å². The molecule has 0 bridgehead atoms. The van der Waals surface area contributed by atoms with Crippen LogP contribution in [0.2, 0.25) is 5.02 Å². The van der Waals surface area contributed by atoms with Gasteiger partial charge in [-0.05, 0) is 63.2 Å². The Kier molecular flexibility index (Phi) is 8.41. The summed E-state index contributed by atoms with van der Waals surface area (Å²) in [6.45, 7) is 5.06. The van der Waals surface area contributed by atoms with Gasteiger partial charge in [0.1, 0.15) is 22.9 Å². The van der Waals surface area contributed by atoms with Gasteiger partial charge < -0.3 is 19.9 Å². The second-order valence-corrected chi connectivity index (χ2v) is 9.28. The molecule has 0 saturated heterocycles. The highest BCUT2D eigenvalue weighted by molar-refractivity contribution is 6.30. The summed E-state index contributed by atoms with van der Waals surface area (Å²) in [5.74, 6) is -2.47. The molecule has 1 atom stereocenters. The van der Waals surface area contributed by atoms with Gasteiger partial charge in [-0.2, -0.15) is 0 Å². The lowest BCUT2D eigenvalue weighted by Gasteiger charge is -2.23. The number of amides is 1. The number of hydrogen-bond acceptors (Lipinski definition) is 6. The fourth-order valence-electron chi connectivity index (χ4n) is 3.18. The first-order chi connectivity index (χ1) is 16.9. The number of carbonyl (C=O) groups excluding carboxylic acids is 1. The number of rotatable bonds is 8. The van der Waals surface area contributed by atoms with Crippen LogP contribution in [0.1, 0.15) is 32.9 Å². The number of nitrogens with zero attached hydrogens (tertiary/aromatic N) is 2. The van der Waals surface area contributed by atoms with E-state index < -0.39 is 35.3 Å². The number of pyridine rings is 2. The molecule has 0 fully saturated rings. The quantitative estimate of drug-likeness (QED) is 0.388. The summed E-state index contributed by atoms with van der Waals surface area (Å²) in [5, 5.41) is 11.9. The summed E-state index contributed by atoms with van der Waals surface area (Å²) in [4.78, 5) is 31.5. The van der Waals surface area contributed by atoms with Gasteiger partial charge in [0.25, 0.3) is 5.88 Å². The number of aromatic nitrogens is 2. The number of alkyl carbamates (subject to hydrolysis) is 1. The average molecular weight is 520 g/mol. The Morgan fingerprint density at radius 2 is 1.81 bits per heavy atom. The lowest BCUT2D eigenvalue weighted by atomic mass is 10.1. The van der Waals surface area contributed by atoms with Gasteiger partial charge in [0.05, 0.1) is 11.4 Å². The first kappa shape index (κ1) is 26.8. The van der Waals surface area contributed by atoms with Gasteiger partial charge in [-0.15, -0.1) is 0 Å². The molecule has 1 amide bonds. The third-order valence-electron chi connectivity index (χ3n) is 4.62. The molecule has 2 aromatic heterocycles. The maximum absolute atomic E-state index is 14.6. The van der Waals surface area contributed by atoms with Gasteiger partial charge in [0.15, 0.2) is 5.82 Å². The van der Waals surface area contributed by atoms with Gasteiger partial charge in [0.2, 0.25) is 0 Å². The monoisotopic (exact) mass is 519 g/mol. The van der Waals surface area contributed by atoms with Gasteiger partial charge in [0, 0.05) is 29.9 Å². The SMILES string of the molecule is CC(C)(C)OC(=O)NC(CC(=O)O)Cc1ccc(F)c(-c2ccc(Oc3ncc(Cl)cc3F)cc2)n1. The molecule has 0 spiro atoms. The van der Waals surface area contributed by atoms with E-state index in [9.17, 15) is 23.5 Å². The number of benzene rings is 1. The second-order valence-electron chi connectivity index (χ2n) is 8.85. The van der Waals surface area contributed by atoms with Crippen molar-refractivity contribution >= 4 is 23.7 Å². The molecule has 0 aliphatic carbocycles. The molecule has 3 aromatic rings. The third kappa shape index (κ3) is 7.88. The van der Waals surface area contributed by atoms with Crippen molar-refractivity contribution in [2.45, 2.75) is 45.3 Å². The van der Waals surface area contributed by atoms with Crippen molar-refractivity contribution in [2.75, 3.05) is 0 Å². The Morgan fingerprint density at radius 1 is 1.11 bits per heavy atom. The highest BCUT2D eigenvalue weighted by Gasteiger charge is 2.22. The molecule has 190 valence electrons. The highest BCUT2D eigenvalue weighted by atomic mass is 35.5. The van der Waals surface area contributed by atoms with Crippen molar-refractivity contribution in [3.8, 4) is 22.9 Å². The van der Waals surface area contributed by atoms with Crippen LogP contribution in [0.4, 0.5) is 13.6 Å². The van der Waals surface area contributed by atoms with E-state index in [0.29, 0.717) is 11.3 Å². The minimum atomic E-state index is -1.12. The Balaban J connectivity index is 1.77. The van der Waals surface area contributed by atoms with Crippen LogP contribution in [0, 0.1) is 11.6 Å². The van der Waals surface area contributed by atoms with Crippen LogP contribution in [0.25, 0.3) is 11.3 Å². The number of ether oxygens (including phenoxy) is 2. The number of nitrogens with one attached hydrogen (secondary N) is 1. The van der Waals surface area contributed by atoms with E-state index in [1.165, 1.54) is 42.6 Å². The fraction of sp³-hybridized carbons (Fsp3) is 0.280. The summed E-state index contributed by atoms with van der Waals surface area (Å²) in [5.41, 5.74) is 0.0218. The normalized spacial score (nSPS) is 12.1. The number of carboxylic acid groups (broad SMARTS) is 1. The number of halogens is 3. The van der Waals surface area contributed by atoms with Crippen molar-refractivity contribution in [3.05, 3.63) is 71.0 Å². The molecule has 0 radical (unpaired) electrons. The highest BCUT2D eigenvalue weighted by Crippen LogP contribution is 2.28. The van der Waals surface area contributed by atoms with Crippen LogP contribution in [0.15, 0.2) is 48.7 Å². The molecule has 2 N–H and O–H groups in total. The zero-order valence-electron chi connectivity index (χ0n) is 19.7. The predicted octanol–water partition coefficient (Wildman–Crippen LogP) is 5.78. The second kappa shape index (κ2) is 11.3. The maximum atomic E-state index is 14.6. The standard InChI is InChI=1S/C25H24ClF2N3O5/c1-25(2,3)36-24(34)31-17(12-21(32)33)11-16-6-9-19(27)22(30-16)14-4-7-18(8-5-14)35-23-20(28)10-15(26)13-29-23/h4-10,13,17H,11-12H2,1-3H3,(H,31,34)(H,32,33). The molecule has 1 aromatic carbocycles. The van der Waals surface area contributed by atoms with Crippen LogP contribution in [0.3, 0.4) is 0 Å². The molecule has 11 heteroatoms. The zero-order chi connectivity index (χ0) is 26.5. The number of carbonyl (C=O) groups is 2. The van der Waals surface area contributed by atoms with Crippen LogP contribution in [-0.2, 0) is 16.0 Å². The van der Waals surface area contributed by atoms with Crippen LogP contribution < -0.4 is 10.1 Å².